The number of alkyl halides is 1. The molecule has 2 rings (SSSR count). The van der Waals surface area contributed by atoms with Crippen LogP contribution in [0.4, 0.5) is 0 Å². The number of hydrogen-bond donors (Lipinski definition) is 0. The summed E-state index contributed by atoms with van der Waals surface area (Å²) in [5.41, 5.74) is 1.15. The molecule has 2 atom stereocenters. The van der Waals surface area contributed by atoms with E-state index in [1.165, 1.54) is 0 Å². The molecule has 1 fully saturated rings. The van der Waals surface area contributed by atoms with Crippen molar-refractivity contribution in [3.63, 3.8) is 0 Å². The first-order valence-corrected chi connectivity index (χ1v) is 6.55. The van der Waals surface area contributed by atoms with Gasteiger partial charge in [0.25, 0.3) is 0 Å². The maximum atomic E-state index is 5.94. The Balaban J connectivity index is 2.25. The van der Waals surface area contributed by atoms with Crippen LogP contribution in [0.15, 0.2) is 22.7 Å². The van der Waals surface area contributed by atoms with Crippen LogP contribution in [0.3, 0.4) is 0 Å². The molecule has 1 aliphatic rings. The van der Waals surface area contributed by atoms with Crippen molar-refractivity contribution in [2.45, 2.75) is 12.5 Å². The van der Waals surface area contributed by atoms with Gasteiger partial charge >= 0.3 is 0 Å². The van der Waals surface area contributed by atoms with E-state index in [0.717, 1.165) is 28.1 Å². The van der Waals surface area contributed by atoms with Gasteiger partial charge in [-0.2, -0.15) is 0 Å². The Morgan fingerprint density at radius 3 is 2.93 bits per heavy atom. The molecule has 2 unspecified atom stereocenters. The Kier molecular flexibility index (Phi) is 3.94. The van der Waals surface area contributed by atoms with Crippen LogP contribution in [0.2, 0.25) is 5.02 Å². The van der Waals surface area contributed by atoms with Crippen LogP contribution in [0.25, 0.3) is 0 Å². The molecule has 1 aromatic rings. The molecular weight excluding hydrogens is 299 g/mol. The third kappa shape index (κ3) is 2.50. The van der Waals surface area contributed by atoms with Gasteiger partial charge in [-0.05, 0) is 40.0 Å². The first-order chi connectivity index (χ1) is 7.22. The van der Waals surface area contributed by atoms with E-state index in [1.807, 2.05) is 18.2 Å². The number of rotatable bonds is 2. The minimum atomic E-state index is 0.121. The molecule has 4 heteroatoms. The SMILES string of the molecule is ClCC1CCOC1c1ccc(Cl)c(Br)c1. The highest BCUT2D eigenvalue weighted by Crippen LogP contribution is 2.37. The first kappa shape index (κ1) is 11.7. The lowest BCUT2D eigenvalue weighted by Crippen LogP contribution is -2.08. The average Bonchev–Trinajstić information content (AvgIpc) is 2.70. The Hall–Kier alpha value is 0.240. The van der Waals surface area contributed by atoms with Gasteiger partial charge in [-0.3, -0.25) is 0 Å². The van der Waals surface area contributed by atoms with Crippen molar-refractivity contribution < 1.29 is 4.74 Å². The predicted molar refractivity (Wildman–Crippen MR) is 66.7 cm³/mol. The summed E-state index contributed by atoms with van der Waals surface area (Å²) in [6.45, 7) is 0.794. The molecule has 0 radical (unpaired) electrons. The van der Waals surface area contributed by atoms with Gasteiger partial charge in [0.05, 0.1) is 11.1 Å². The largest absolute Gasteiger partial charge is 0.373 e. The van der Waals surface area contributed by atoms with E-state index in [-0.39, 0.29) is 6.10 Å². The van der Waals surface area contributed by atoms with E-state index in [9.17, 15) is 0 Å². The van der Waals surface area contributed by atoms with E-state index in [1.54, 1.807) is 0 Å². The van der Waals surface area contributed by atoms with Crippen LogP contribution < -0.4 is 0 Å². The Bertz CT molecular complexity index is 356. The molecule has 0 amide bonds. The summed E-state index contributed by atoms with van der Waals surface area (Å²) in [5.74, 6) is 1.06. The van der Waals surface area contributed by atoms with Crippen LogP contribution in [0.5, 0.6) is 0 Å². The van der Waals surface area contributed by atoms with Crippen LogP contribution in [-0.4, -0.2) is 12.5 Å². The number of ether oxygens (including phenoxy) is 1. The molecule has 1 heterocycles. The van der Waals surface area contributed by atoms with E-state index >= 15 is 0 Å². The van der Waals surface area contributed by atoms with Gasteiger partial charge in [0.1, 0.15) is 0 Å². The minimum Gasteiger partial charge on any atom is -0.373 e. The summed E-state index contributed by atoms with van der Waals surface area (Å²) in [5, 5.41) is 0.721. The monoisotopic (exact) mass is 308 g/mol. The molecule has 0 aliphatic carbocycles. The summed E-state index contributed by atoms with van der Waals surface area (Å²) in [6, 6.07) is 5.90. The van der Waals surface area contributed by atoms with Gasteiger partial charge in [0.15, 0.2) is 0 Å². The van der Waals surface area contributed by atoms with Gasteiger partial charge in [-0.15, -0.1) is 11.6 Å². The molecule has 1 nitrogen and oxygen atoms in total. The molecule has 15 heavy (non-hydrogen) atoms. The minimum absolute atomic E-state index is 0.121. The molecule has 1 aromatic carbocycles. The summed E-state index contributed by atoms with van der Waals surface area (Å²) >= 11 is 15.3. The van der Waals surface area contributed by atoms with Gasteiger partial charge in [0, 0.05) is 22.9 Å². The van der Waals surface area contributed by atoms with Crippen molar-refractivity contribution in [2.75, 3.05) is 12.5 Å². The van der Waals surface area contributed by atoms with Gasteiger partial charge in [-0.1, -0.05) is 17.7 Å². The second-order valence-electron chi connectivity index (χ2n) is 3.67. The predicted octanol–water partition coefficient (Wildman–Crippen LogP) is 4.42. The van der Waals surface area contributed by atoms with Crippen molar-refractivity contribution in [1.29, 1.82) is 0 Å². The van der Waals surface area contributed by atoms with E-state index in [4.69, 9.17) is 27.9 Å². The van der Waals surface area contributed by atoms with Crippen LogP contribution in [-0.2, 0) is 4.74 Å². The third-order valence-corrected chi connectivity index (χ3v) is 4.29. The van der Waals surface area contributed by atoms with Crippen molar-refractivity contribution >= 4 is 39.1 Å². The highest BCUT2D eigenvalue weighted by Gasteiger charge is 2.29. The highest BCUT2D eigenvalue weighted by molar-refractivity contribution is 9.10. The van der Waals surface area contributed by atoms with Crippen LogP contribution >= 0.6 is 39.1 Å². The summed E-state index contributed by atoms with van der Waals surface area (Å²) in [4.78, 5) is 0. The summed E-state index contributed by atoms with van der Waals surface area (Å²) in [7, 11) is 0. The fourth-order valence-corrected chi connectivity index (χ4v) is 2.68. The smallest absolute Gasteiger partial charge is 0.0865 e. The summed E-state index contributed by atoms with van der Waals surface area (Å²) in [6.07, 6.45) is 1.16. The lowest BCUT2D eigenvalue weighted by molar-refractivity contribution is 0.0951. The van der Waals surface area contributed by atoms with Crippen LogP contribution in [0, 0.1) is 5.92 Å². The lowest BCUT2D eigenvalue weighted by Gasteiger charge is -2.17. The van der Waals surface area contributed by atoms with E-state index in [2.05, 4.69) is 15.9 Å². The zero-order valence-electron chi connectivity index (χ0n) is 8.05. The Morgan fingerprint density at radius 2 is 2.27 bits per heavy atom. The standard InChI is InChI=1S/C11H11BrCl2O/c12-9-5-7(1-2-10(9)14)11-8(6-13)3-4-15-11/h1-2,5,8,11H,3-4,6H2. The molecule has 0 saturated carbocycles. The lowest BCUT2D eigenvalue weighted by atomic mass is 9.97. The van der Waals surface area contributed by atoms with E-state index in [0.29, 0.717) is 11.8 Å². The molecule has 0 aromatic heterocycles. The fourth-order valence-electron chi connectivity index (χ4n) is 1.85. The Labute approximate surface area is 108 Å². The molecule has 1 aliphatic heterocycles. The van der Waals surface area contributed by atoms with Gasteiger partial charge < -0.3 is 4.74 Å². The van der Waals surface area contributed by atoms with Crippen molar-refractivity contribution in [3.8, 4) is 0 Å². The quantitative estimate of drug-likeness (QED) is 0.735. The van der Waals surface area contributed by atoms with E-state index < -0.39 is 0 Å². The Morgan fingerprint density at radius 1 is 1.47 bits per heavy atom. The van der Waals surface area contributed by atoms with Crippen molar-refractivity contribution in [2.24, 2.45) is 5.92 Å². The fraction of sp³-hybridized carbons (Fsp3) is 0.455. The normalized spacial score (nSPS) is 25.8. The molecular formula is C11H11BrCl2O. The molecule has 82 valence electrons. The number of hydrogen-bond acceptors (Lipinski definition) is 1. The second kappa shape index (κ2) is 5.05. The second-order valence-corrected chi connectivity index (χ2v) is 5.24. The molecule has 1 saturated heterocycles. The van der Waals surface area contributed by atoms with Crippen LogP contribution in [0.1, 0.15) is 18.1 Å². The number of halogens is 3. The molecule has 0 N–H and O–H groups in total. The van der Waals surface area contributed by atoms with Crippen molar-refractivity contribution in [1.82, 2.24) is 0 Å². The zero-order chi connectivity index (χ0) is 10.8. The maximum absolute atomic E-state index is 5.94. The highest BCUT2D eigenvalue weighted by atomic mass is 79.9. The van der Waals surface area contributed by atoms with Gasteiger partial charge in [-0.25, -0.2) is 0 Å². The molecule has 0 spiro atoms. The molecule has 0 bridgehead atoms. The third-order valence-electron chi connectivity index (χ3n) is 2.68. The topological polar surface area (TPSA) is 9.23 Å². The first-order valence-electron chi connectivity index (χ1n) is 4.85. The summed E-state index contributed by atoms with van der Waals surface area (Å²) < 4.78 is 6.60. The van der Waals surface area contributed by atoms with Gasteiger partial charge in [0.2, 0.25) is 0 Å². The van der Waals surface area contributed by atoms with Crippen molar-refractivity contribution in [3.05, 3.63) is 33.3 Å². The average molecular weight is 310 g/mol. The zero-order valence-corrected chi connectivity index (χ0v) is 11.1. The maximum Gasteiger partial charge on any atom is 0.0865 e. The number of benzene rings is 1.